The second kappa shape index (κ2) is 5.11. The van der Waals surface area contributed by atoms with Crippen LogP contribution in [0.5, 0.6) is 0 Å². The lowest BCUT2D eigenvalue weighted by Gasteiger charge is -2.20. The van der Waals surface area contributed by atoms with E-state index in [9.17, 15) is 9.59 Å². The van der Waals surface area contributed by atoms with Crippen LogP contribution in [0, 0.1) is 11.8 Å². The highest BCUT2D eigenvalue weighted by Crippen LogP contribution is 2.16. The first-order chi connectivity index (χ1) is 7.02. The minimum atomic E-state index is -1.10. The predicted octanol–water partition coefficient (Wildman–Crippen LogP) is 0.248. The monoisotopic (exact) mass is 215 g/mol. The zero-order valence-corrected chi connectivity index (χ0v) is 9.03. The molecule has 5 nitrogen and oxygen atoms in total. The summed E-state index contributed by atoms with van der Waals surface area (Å²) in [6, 6.07) is -0.0261. The summed E-state index contributed by atoms with van der Waals surface area (Å²) in [5.41, 5.74) is 0. The summed E-state index contributed by atoms with van der Waals surface area (Å²) in [6.45, 7) is 4.63. The van der Waals surface area contributed by atoms with Crippen molar-refractivity contribution in [3.63, 3.8) is 0 Å². The summed E-state index contributed by atoms with van der Waals surface area (Å²) in [4.78, 5) is 22.0. The molecule has 1 rings (SSSR count). The molecular formula is C10H17NO4. The fourth-order valence-corrected chi connectivity index (χ4v) is 1.53. The van der Waals surface area contributed by atoms with E-state index in [-0.39, 0.29) is 6.04 Å². The van der Waals surface area contributed by atoms with Crippen LogP contribution in [0.2, 0.25) is 0 Å². The average molecular weight is 215 g/mol. The average Bonchev–Trinajstić information content (AvgIpc) is 2.68. The summed E-state index contributed by atoms with van der Waals surface area (Å²) in [6.07, 6.45) is 0.920. The van der Waals surface area contributed by atoms with Gasteiger partial charge in [0.05, 0.1) is 6.61 Å². The first-order valence-corrected chi connectivity index (χ1v) is 5.13. The van der Waals surface area contributed by atoms with E-state index in [1.165, 1.54) is 6.92 Å². The van der Waals surface area contributed by atoms with E-state index in [0.29, 0.717) is 12.5 Å². The number of hydrogen-bond acceptors (Lipinski definition) is 3. The Hall–Kier alpha value is -1.10. The van der Waals surface area contributed by atoms with E-state index in [0.717, 1.165) is 13.0 Å². The van der Waals surface area contributed by atoms with Gasteiger partial charge in [0.2, 0.25) is 5.91 Å². The lowest BCUT2D eigenvalue weighted by Crippen LogP contribution is -2.42. The molecule has 0 bridgehead atoms. The largest absolute Gasteiger partial charge is 0.481 e. The number of ether oxygens (including phenoxy) is 1. The Morgan fingerprint density at radius 1 is 1.47 bits per heavy atom. The van der Waals surface area contributed by atoms with Gasteiger partial charge >= 0.3 is 5.97 Å². The third kappa shape index (κ3) is 3.20. The summed E-state index contributed by atoms with van der Waals surface area (Å²) >= 11 is 0. The number of rotatable bonds is 4. The van der Waals surface area contributed by atoms with Crippen LogP contribution in [0.1, 0.15) is 20.3 Å². The zero-order valence-electron chi connectivity index (χ0n) is 9.03. The topological polar surface area (TPSA) is 75.6 Å². The molecule has 0 aromatic heterocycles. The van der Waals surface area contributed by atoms with Gasteiger partial charge in [0.1, 0.15) is 5.92 Å². The van der Waals surface area contributed by atoms with Crippen molar-refractivity contribution in [3.05, 3.63) is 0 Å². The molecule has 1 amide bonds. The SMILES string of the molecule is CC(C(=O)O)C(=O)NC(C)C1CCOC1. The van der Waals surface area contributed by atoms with E-state index in [2.05, 4.69) is 5.32 Å². The van der Waals surface area contributed by atoms with Gasteiger partial charge in [-0.2, -0.15) is 0 Å². The number of carbonyl (C=O) groups is 2. The van der Waals surface area contributed by atoms with Crippen LogP contribution in [0.4, 0.5) is 0 Å². The second-order valence-corrected chi connectivity index (χ2v) is 3.98. The van der Waals surface area contributed by atoms with Crippen LogP contribution in [-0.4, -0.2) is 36.2 Å². The summed E-state index contributed by atoms with van der Waals surface area (Å²) in [7, 11) is 0. The van der Waals surface area contributed by atoms with Gasteiger partial charge in [0, 0.05) is 18.6 Å². The molecule has 1 aliphatic rings. The van der Waals surface area contributed by atoms with Crippen molar-refractivity contribution < 1.29 is 19.4 Å². The number of hydrogen-bond donors (Lipinski definition) is 2. The molecule has 1 fully saturated rings. The quantitative estimate of drug-likeness (QED) is 0.659. The Kier molecular flexibility index (Phi) is 4.08. The molecule has 1 saturated heterocycles. The zero-order chi connectivity index (χ0) is 11.4. The van der Waals surface area contributed by atoms with E-state index >= 15 is 0 Å². The van der Waals surface area contributed by atoms with Crippen molar-refractivity contribution in [3.8, 4) is 0 Å². The molecule has 0 aliphatic carbocycles. The van der Waals surface area contributed by atoms with Crippen LogP contribution < -0.4 is 5.32 Å². The van der Waals surface area contributed by atoms with Crippen LogP contribution in [-0.2, 0) is 14.3 Å². The molecule has 15 heavy (non-hydrogen) atoms. The summed E-state index contributed by atoms with van der Waals surface area (Å²) in [5, 5.41) is 11.3. The smallest absolute Gasteiger partial charge is 0.315 e. The van der Waals surface area contributed by atoms with Crippen LogP contribution in [0.25, 0.3) is 0 Å². The van der Waals surface area contributed by atoms with Gasteiger partial charge in [0.15, 0.2) is 0 Å². The summed E-state index contributed by atoms with van der Waals surface area (Å²) < 4.78 is 5.20. The number of carbonyl (C=O) groups excluding carboxylic acids is 1. The highest BCUT2D eigenvalue weighted by Gasteiger charge is 2.27. The Balaban J connectivity index is 2.39. The van der Waals surface area contributed by atoms with Gasteiger partial charge in [-0.1, -0.05) is 0 Å². The van der Waals surface area contributed by atoms with Gasteiger partial charge in [0.25, 0.3) is 0 Å². The highest BCUT2D eigenvalue weighted by atomic mass is 16.5. The van der Waals surface area contributed by atoms with Gasteiger partial charge < -0.3 is 15.2 Å². The molecule has 86 valence electrons. The van der Waals surface area contributed by atoms with Crippen molar-refractivity contribution in [2.75, 3.05) is 13.2 Å². The molecule has 5 heteroatoms. The standard InChI is InChI=1S/C10H17NO4/c1-6(10(13)14)9(12)11-7(2)8-3-4-15-5-8/h6-8H,3-5H2,1-2H3,(H,11,12)(H,13,14). The lowest BCUT2D eigenvalue weighted by atomic mass is 10.00. The van der Waals surface area contributed by atoms with E-state index < -0.39 is 17.8 Å². The predicted molar refractivity (Wildman–Crippen MR) is 53.3 cm³/mol. The Labute approximate surface area is 88.8 Å². The minimum absolute atomic E-state index is 0.0261. The van der Waals surface area contributed by atoms with E-state index in [1.54, 1.807) is 0 Å². The Morgan fingerprint density at radius 3 is 2.60 bits per heavy atom. The van der Waals surface area contributed by atoms with Crippen molar-refractivity contribution in [2.45, 2.75) is 26.3 Å². The van der Waals surface area contributed by atoms with Crippen LogP contribution in [0.3, 0.4) is 0 Å². The number of carboxylic acids is 1. The maximum Gasteiger partial charge on any atom is 0.315 e. The second-order valence-electron chi connectivity index (χ2n) is 3.98. The fraction of sp³-hybridized carbons (Fsp3) is 0.800. The number of carboxylic acid groups (broad SMARTS) is 1. The van der Waals surface area contributed by atoms with Crippen molar-refractivity contribution in [1.82, 2.24) is 5.32 Å². The van der Waals surface area contributed by atoms with Crippen molar-refractivity contribution in [2.24, 2.45) is 11.8 Å². The van der Waals surface area contributed by atoms with Crippen LogP contribution >= 0.6 is 0 Å². The van der Waals surface area contributed by atoms with Gasteiger partial charge in [-0.25, -0.2) is 0 Å². The third-order valence-electron chi connectivity index (χ3n) is 2.81. The van der Waals surface area contributed by atoms with Gasteiger partial charge in [-0.15, -0.1) is 0 Å². The molecule has 3 unspecified atom stereocenters. The van der Waals surface area contributed by atoms with Gasteiger partial charge in [-0.3, -0.25) is 9.59 Å². The molecule has 0 radical (unpaired) electrons. The molecular weight excluding hydrogens is 198 g/mol. The number of amides is 1. The maximum atomic E-state index is 11.4. The third-order valence-corrected chi connectivity index (χ3v) is 2.81. The molecule has 0 aromatic rings. The van der Waals surface area contributed by atoms with Crippen LogP contribution in [0.15, 0.2) is 0 Å². The summed E-state index contributed by atoms with van der Waals surface area (Å²) in [5.74, 6) is -2.21. The normalized spacial score (nSPS) is 24.5. The molecule has 1 aliphatic heterocycles. The van der Waals surface area contributed by atoms with Gasteiger partial charge in [-0.05, 0) is 20.3 Å². The molecule has 3 atom stereocenters. The number of aliphatic carboxylic acids is 1. The molecule has 2 N–H and O–H groups in total. The maximum absolute atomic E-state index is 11.4. The molecule has 0 saturated carbocycles. The molecule has 0 spiro atoms. The molecule has 1 heterocycles. The Bertz CT molecular complexity index is 248. The Morgan fingerprint density at radius 2 is 2.13 bits per heavy atom. The minimum Gasteiger partial charge on any atom is -0.481 e. The van der Waals surface area contributed by atoms with Crippen molar-refractivity contribution >= 4 is 11.9 Å². The first kappa shape index (κ1) is 12.0. The van der Waals surface area contributed by atoms with E-state index in [4.69, 9.17) is 9.84 Å². The number of nitrogens with one attached hydrogen (secondary N) is 1. The first-order valence-electron chi connectivity index (χ1n) is 5.13. The molecule has 0 aromatic carbocycles. The van der Waals surface area contributed by atoms with E-state index in [1.807, 2.05) is 6.92 Å². The highest BCUT2D eigenvalue weighted by molar-refractivity contribution is 5.96. The lowest BCUT2D eigenvalue weighted by molar-refractivity contribution is -0.146. The van der Waals surface area contributed by atoms with Crippen molar-refractivity contribution in [1.29, 1.82) is 0 Å². The fourth-order valence-electron chi connectivity index (χ4n) is 1.53.